The van der Waals surface area contributed by atoms with Gasteiger partial charge in [-0.15, -0.1) is 0 Å². The summed E-state index contributed by atoms with van der Waals surface area (Å²) in [6, 6.07) is 0. The lowest BCUT2D eigenvalue weighted by atomic mass is 9.43. The smallest absolute Gasteiger partial charge is 0.306 e. The summed E-state index contributed by atoms with van der Waals surface area (Å²) in [6.45, 7) is 6.86. The summed E-state index contributed by atoms with van der Waals surface area (Å²) in [5.41, 5.74) is -0.0125. The standard InChI is InChI=1S/C28H44O7/c1-16(4-9-24(30)31)20-7-8-21-19-6-5-17-14-18(35-26(34)11-10-25(32)33)12-13-27(17,2)22(19)15-23(29)28(20,21)3/h16-23,29H,4-15H2,1-3H3,(H,30,31)(H,32,33)/t16-,17-,18+,19-,20+,21-,22-,23+,27-,28+/m0/s1. The van der Waals surface area contributed by atoms with Crippen LogP contribution in [0.5, 0.6) is 0 Å². The normalized spacial score (nSPS) is 43.4. The minimum Gasteiger partial charge on any atom is -0.481 e. The van der Waals surface area contributed by atoms with Crippen LogP contribution in [0, 0.1) is 46.3 Å². The van der Waals surface area contributed by atoms with Gasteiger partial charge >= 0.3 is 17.9 Å². The molecule has 7 nitrogen and oxygen atoms in total. The molecule has 0 heterocycles. The fraction of sp³-hybridized carbons (Fsp3) is 0.893. The average Bonchev–Trinajstić information content (AvgIpc) is 3.16. The van der Waals surface area contributed by atoms with Crippen molar-refractivity contribution >= 4 is 17.9 Å². The van der Waals surface area contributed by atoms with Crippen LogP contribution in [0.1, 0.15) is 97.8 Å². The van der Waals surface area contributed by atoms with Crippen LogP contribution < -0.4 is 0 Å². The third-order valence-corrected chi connectivity index (χ3v) is 11.1. The first-order valence-corrected chi connectivity index (χ1v) is 13.8. The van der Waals surface area contributed by atoms with Crippen LogP contribution in [-0.2, 0) is 19.1 Å². The summed E-state index contributed by atoms with van der Waals surface area (Å²) in [7, 11) is 0. The Morgan fingerprint density at radius 2 is 1.63 bits per heavy atom. The van der Waals surface area contributed by atoms with Crippen LogP contribution >= 0.6 is 0 Å². The molecule has 4 aliphatic rings. The second-order valence-corrected chi connectivity index (χ2v) is 12.6. The van der Waals surface area contributed by atoms with Gasteiger partial charge in [-0.05, 0) is 104 Å². The highest BCUT2D eigenvalue weighted by molar-refractivity contribution is 5.76. The van der Waals surface area contributed by atoms with Gasteiger partial charge in [0, 0.05) is 6.42 Å². The average molecular weight is 493 g/mol. The van der Waals surface area contributed by atoms with Crippen molar-refractivity contribution in [3.05, 3.63) is 0 Å². The molecule has 0 spiro atoms. The maximum Gasteiger partial charge on any atom is 0.306 e. The molecule has 0 amide bonds. The minimum atomic E-state index is -0.982. The van der Waals surface area contributed by atoms with Crippen LogP contribution in [0.15, 0.2) is 0 Å². The molecule has 4 saturated carbocycles. The molecule has 0 saturated heterocycles. The number of hydrogen-bond acceptors (Lipinski definition) is 5. The van der Waals surface area contributed by atoms with Gasteiger partial charge in [0.2, 0.25) is 0 Å². The number of carboxylic acids is 2. The van der Waals surface area contributed by atoms with Crippen molar-refractivity contribution in [3.8, 4) is 0 Å². The van der Waals surface area contributed by atoms with E-state index < -0.39 is 17.9 Å². The van der Waals surface area contributed by atoms with Gasteiger partial charge in [0.05, 0.1) is 18.9 Å². The van der Waals surface area contributed by atoms with Gasteiger partial charge in [-0.25, -0.2) is 0 Å². The Kier molecular flexibility index (Phi) is 7.57. The van der Waals surface area contributed by atoms with Crippen molar-refractivity contribution < 1.29 is 34.4 Å². The zero-order valence-electron chi connectivity index (χ0n) is 21.6. The molecule has 0 aromatic rings. The molecule has 0 radical (unpaired) electrons. The molecule has 10 atom stereocenters. The van der Waals surface area contributed by atoms with E-state index in [4.69, 9.17) is 14.9 Å². The number of esters is 1. The maximum absolute atomic E-state index is 12.1. The summed E-state index contributed by atoms with van der Waals surface area (Å²) in [6.07, 6.45) is 8.02. The van der Waals surface area contributed by atoms with Crippen molar-refractivity contribution in [2.45, 2.75) is 110 Å². The van der Waals surface area contributed by atoms with Crippen LogP contribution in [-0.4, -0.2) is 45.4 Å². The Hall–Kier alpha value is -1.63. The van der Waals surface area contributed by atoms with E-state index in [1.54, 1.807) is 0 Å². The number of fused-ring (bicyclic) bond motifs is 5. The Labute approximate surface area is 209 Å². The molecular weight excluding hydrogens is 448 g/mol. The molecule has 35 heavy (non-hydrogen) atoms. The molecule has 4 rings (SSSR count). The first-order valence-electron chi connectivity index (χ1n) is 13.8. The molecule has 7 heteroatoms. The van der Waals surface area contributed by atoms with E-state index in [2.05, 4.69) is 20.8 Å². The van der Waals surface area contributed by atoms with Crippen molar-refractivity contribution in [2.75, 3.05) is 0 Å². The van der Waals surface area contributed by atoms with Gasteiger partial charge in [0.1, 0.15) is 6.10 Å². The summed E-state index contributed by atoms with van der Waals surface area (Å²) < 4.78 is 5.67. The van der Waals surface area contributed by atoms with E-state index in [1.165, 1.54) is 0 Å². The Morgan fingerprint density at radius 3 is 2.31 bits per heavy atom. The van der Waals surface area contributed by atoms with Crippen molar-refractivity contribution in [1.82, 2.24) is 0 Å². The van der Waals surface area contributed by atoms with Crippen molar-refractivity contribution in [2.24, 2.45) is 46.3 Å². The number of aliphatic hydroxyl groups is 1. The quantitative estimate of drug-likeness (QED) is 0.412. The zero-order chi connectivity index (χ0) is 25.5. The highest BCUT2D eigenvalue weighted by Crippen LogP contribution is 2.68. The largest absolute Gasteiger partial charge is 0.481 e. The van der Waals surface area contributed by atoms with E-state index in [0.717, 1.165) is 51.4 Å². The van der Waals surface area contributed by atoms with E-state index in [0.29, 0.717) is 41.9 Å². The van der Waals surface area contributed by atoms with Gasteiger partial charge in [-0.1, -0.05) is 20.8 Å². The number of carbonyl (C=O) groups excluding carboxylic acids is 1. The van der Waals surface area contributed by atoms with Crippen molar-refractivity contribution in [3.63, 3.8) is 0 Å². The Morgan fingerprint density at radius 1 is 0.914 bits per heavy atom. The molecule has 198 valence electrons. The number of hydrogen-bond donors (Lipinski definition) is 3. The maximum atomic E-state index is 12.1. The second kappa shape index (κ2) is 10.0. The van der Waals surface area contributed by atoms with Crippen molar-refractivity contribution in [1.29, 1.82) is 0 Å². The lowest BCUT2D eigenvalue weighted by molar-refractivity contribution is -0.182. The number of aliphatic hydroxyl groups excluding tert-OH is 1. The predicted molar refractivity (Wildman–Crippen MR) is 129 cm³/mol. The van der Waals surface area contributed by atoms with Gasteiger partial charge < -0.3 is 20.1 Å². The lowest BCUT2D eigenvalue weighted by Crippen LogP contribution is -2.59. The van der Waals surface area contributed by atoms with Gasteiger partial charge in [0.25, 0.3) is 0 Å². The van der Waals surface area contributed by atoms with E-state index in [1.807, 2.05) is 0 Å². The SMILES string of the molecule is C[C@@H](CCC(=O)O)[C@H]1CC[C@H]2[C@@H]3CC[C@H]4C[C@H](OC(=O)CCC(=O)O)CC[C@]4(C)[C@H]3C[C@@H](O)[C@]12C. The summed E-state index contributed by atoms with van der Waals surface area (Å²) in [4.78, 5) is 34.0. The lowest BCUT2D eigenvalue weighted by Gasteiger charge is -2.62. The topological polar surface area (TPSA) is 121 Å². The van der Waals surface area contributed by atoms with Crippen LogP contribution in [0.2, 0.25) is 0 Å². The molecule has 4 aliphatic carbocycles. The number of ether oxygens (including phenoxy) is 1. The fourth-order valence-electron chi connectivity index (χ4n) is 9.26. The molecular formula is C28H44O7. The molecule has 0 aromatic heterocycles. The van der Waals surface area contributed by atoms with Gasteiger partial charge in [-0.3, -0.25) is 14.4 Å². The zero-order valence-corrected chi connectivity index (χ0v) is 21.6. The summed E-state index contributed by atoms with van der Waals surface area (Å²) in [5.74, 6) is 0.533. The highest BCUT2D eigenvalue weighted by Gasteiger charge is 2.63. The third-order valence-electron chi connectivity index (χ3n) is 11.1. The highest BCUT2D eigenvalue weighted by atomic mass is 16.5. The second-order valence-electron chi connectivity index (χ2n) is 12.6. The van der Waals surface area contributed by atoms with Gasteiger partial charge in [-0.2, -0.15) is 0 Å². The first-order chi connectivity index (χ1) is 16.5. The van der Waals surface area contributed by atoms with Crippen LogP contribution in [0.25, 0.3) is 0 Å². The predicted octanol–water partition coefficient (Wildman–Crippen LogP) is 4.89. The Bertz CT molecular complexity index is 826. The number of rotatable bonds is 8. The van der Waals surface area contributed by atoms with Crippen LogP contribution in [0.4, 0.5) is 0 Å². The summed E-state index contributed by atoms with van der Waals surface area (Å²) in [5, 5.41) is 29.6. The van der Waals surface area contributed by atoms with E-state index in [-0.39, 0.29) is 42.3 Å². The molecule has 0 aliphatic heterocycles. The number of aliphatic carboxylic acids is 2. The van der Waals surface area contributed by atoms with Crippen LogP contribution in [0.3, 0.4) is 0 Å². The first kappa shape index (κ1) is 26.4. The third kappa shape index (κ3) is 4.86. The van der Waals surface area contributed by atoms with E-state index in [9.17, 15) is 19.5 Å². The number of carboxylic acid groups (broad SMARTS) is 2. The monoisotopic (exact) mass is 492 g/mol. The molecule has 3 N–H and O–H groups in total. The van der Waals surface area contributed by atoms with E-state index >= 15 is 0 Å². The molecule has 0 unspecified atom stereocenters. The fourth-order valence-corrected chi connectivity index (χ4v) is 9.26. The number of carbonyl (C=O) groups is 3. The Balaban J connectivity index is 1.43. The molecule has 0 aromatic carbocycles. The minimum absolute atomic E-state index is 0.0724. The molecule has 4 fully saturated rings. The summed E-state index contributed by atoms with van der Waals surface area (Å²) >= 11 is 0. The van der Waals surface area contributed by atoms with Gasteiger partial charge in [0.15, 0.2) is 0 Å². The molecule has 0 bridgehead atoms.